The Balaban J connectivity index is 1.95. The Kier molecular flexibility index (Phi) is 6.60. The molecule has 1 amide bonds. The van der Waals surface area contributed by atoms with Crippen LogP contribution in [-0.4, -0.2) is 32.2 Å². The third kappa shape index (κ3) is 4.99. The molecule has 6 nitrogen and oxygen atoms in total. The van der Waals surface area contributed by atoms with Crippen molar-refractivity contribution < 1.29 is 23.8 Å². The van der Waals surface area contributed by atoms with E-state index in [1.165, 1.54) is 21.1 Å². The van der Waals surface area contributed by atoms with Gasteiger partial charge in [0.05, 0.1) is 20.6 Å². The number of amides is 1. The van der Waals surface area contributed by atoms with Crippen molar-refractivity contribution in [3.8, 4) is 11.5 Å². The summed E-state index contributed by atoms with van der Waals surface area (Å²) in [4.78, 5) is 24.3. The molecule has 1 N–H and O–H groups in total. The normalized spacial score (nSPS) is 11.4. The Morgan fingerprint density at radius 3 is 2.38 bits per heavy atom. The predicted octanol–water partition coefficient (Wildman–Crippen LogP) is 3.13. The molecule has 0 radical (unpaired) electrons. The molecular weight excluding hydrogens is 334 g/mol. The summed E-state index contributed by atoms with van der Waals surface area (Å²) < 4.78 is 15.6. The maximum absolute atomic E-state index is 12.3. The molecule has 0 fully saturated rings. The molecule has 2 aromatic rings. The van der Waals surface area contributed by atoms with E-state index in [9.17, 15) is 9.59 Å². The van der Waals surface area contributed by atoms with Crippen LogP contribution in [0.2, 0.25) is 0 Å². The molecule has 0 aromatic heterocycles. The molecule has 0 saturated carbocycles. The topological polar surface area (TPSA) is 73.9 Å². The van der Waals surface area contributed by atoms with Gasteiger partial charge in [-0.3, -0.25) is 9.59 Å². The van der Waals surface area contributed by atoms with E-state index < -0.39 is 18.0 Å². The van der Waals surface area contributed by atoms with Gasteiger partial charge in [0.1, 0.15) is 0 Å². The molecule has 2 aromatic carbocycles. The van der Waals surface area contributed by atoms with E-state index in [0.717, 1.165) is 11.1 Å². The third-order valence-corrected chi connectivity index (χ3v) is 3.92. The first kappa shape index (κ1) is 19.3. The number of hydrogen-bond acceptors (Lipinski definition) is 5. The van der Waals surface area contributed by atoms with Crippen LogP contribution in [-0.2, 0) is 20.7 Å². The molecule has 0 spiro atoms. The molecule has 1 atom stereocenters. The van der Waals surface area contributed by atoms with Gasteiger partial charge in [0.2, 0.25) is 0 Å². The average Bonchev–Trinajstić information content (AvgIpc) is 2.63. The molecule has 6 heteroatoms. The zero-order valence-corrected chi connectivity index (χ0v) is 15.4. The van der Waals surface area contributed by atoms with Crippen molar-refractivity contribution in [2.75, 3.05) is 19.5 Å². The van der Waals surface area contributed by atoms with Gasteiger partial charge in [-0.1, -0.05) is 24.3 Å². The van der Waals surface area contributed by atoms with E-state index in [-0.39, 0.29) is 6.42 Å². The Hall–Kier alpha value is -3.02. The van der Waals surface area contributed by atoms with Crippen LogP contribution < -0.4 is 14.8 Å². The summed E-state index contributed by atoms with van der Waals surface area (Å²) >= 11 is 0. The number of methoxy groups -OCH3 is 2. The summed E-state index contributed by atoms with van der Waals surface area (Å²) in [5, 5.41) is 2.70. The number of benzene rings is 2. The number of hydrogen-bond donors (Lipinski definition) is 1. The maximum Gasteiger partial charge on any atom is 0.311 e. The van der Waals surface area contributed by atoms with Crippen LogP contribution in [0.3, 0.4) is 0 Å². The van der Waals surface area contributed by atoms with Crippen LogP contribution in [0.15, 0.2) is 42.5 Å². The first-order valence-corrected chi connectivity index (χ1v) is 8.21. The minimum Gasteiger partial charge on any atom is -0.493 e. The van der Waals surface area contributed by atoms with Crippen molar-refractivity contribution in [1.29, 1.82) is 0 Å². The van der Waals surface area contributed by atoms with E-state index in [4.69, 9.17) is 14.2 Å². The zero-order chi connectivity index (χ0) is 19.1. The lowest BCUT2D eigenvalue weighted by molar-refractivity contribution is -0.152. The summed E-state index contributed by atoms with van der Waals surface area (Å²) in [6, 6.07) is 12.6. The largest absolute Gasteiger partial charge is 0.493 e. The number of carbonyl (C=O) groups is 2. The van der Waals surface area contributed by atoms with Gasteiger partial charge in [0.25, 0.3) is 5.91 Å². The second kappa shape index (κ2) is 8.89. The molecular formula is C20H23NO5. The molecule has 0 aliphatic heterocycles. The SMILES string of the molecule is COc1ccc(NC(=O)C(C)OC(=O)Cc2ccccc2C)cc1OC. The fourth-order valence-electron chi connectivity index (χ4n) is 2.41. The first-order valence-electron chi connectivity index (χ1n) is 8.21. The molecule has 0 aliphatic rings. The highest BCUT2D eigenvalue weighted by Crippen LogP contribution is 2.29. The molecule has 0 heterocycles. The number of aryl methyl sites for hydroxylation is 1. The Morgan fingerprint density at radius 1 is 1.04 bits per heavy atom. The number of nitrogens with one attached hydrogen (secondary N) is 1. The molecule has 0 bridgehead atoms. The lowest BCUT2D eigenvalue weighted by atomic mass is 10.1. The summed E-state index contributed by atoms with van der Waals surface area (Å²) in [6.45, 7) is 3.46. The third-order valence-electron chi connectivity index (χ3n) is 3.92. The molecule has 26 heavy (non-hydrogen) atoms. The van der Waals surface area contributed by atoms with Gasteiger partial charge in [0.15, 0.2) is 17.6 Å². The molecule has 2 rings (SSSR count). The van der Waals surface area contributed by atoms with Crippen LogP contribution in [0, 0.1) is 6.92 Å². The number of anilines is 1. The Bertz CT molecular complexity index is 788. The Labute approximate surface area is 153 Å². The fourth-order valence-corrected chi connectivity index (χ4v) is 2.41. The molecule has 0 saturated heterocycles. The predicted molar refractivity (Wildman–Crippen MR) is 98.6 cm³/mol. The smallest absolute Gasteiger partial charge is 0.311 e. The van der Waals surface area contributed by atoms with E-state index in [1.54, 1.807) is 18.2 Å². The minimum absolute atomic E-state index is 0.126. The van der Waals surface area contributed by atoms with Gasteiger partial charge in [-0.25, -0.2) is 0 Å². The average molecular weight is 357 g/mol. The molecule has 1 unspecified atom stereocenters. The van der Waals surface area contributed by atoms with Gasteiger partial charge in [0, 0.05) is 11.8 Å². The number of rotatable bonds is 7. The number of esters is 1. The van der Waals surface area contributed by atoms with E-state index in [2.05, 4.69) is 5.32 Å². The summed E-state index contributed by atoms with van der Waals surface area (Å²) in [7, 11) is 3.05. The second-order valence-corrected chi connectivity index (χ2v) is 5.79. The lowest BCUT2D eigenvalue weighted by Gasteiger charge is -2.15. The van der Waals surface area contributed by atoms with Gasteiger partial charge >= 0.3 is 5.97 Å². The minimum atomic E-state index is -0.917. The van der Waals surface area contributed by atoms with Gasteiger partial charge in [-0.2, -0.15) is 0 Å². The quantitative estimate of drug-likeness (QED) is 0.771. The zero-order valence-electron chi connectivity index (χ0n) is 15.4. The van der Waals surface area contributed by atoms with Gasteiger partial charge in [-0.15, -0.1) is 0 Å². The van der Waals surface area contributed by atoms with Crippen LogP contribution in [0.5, 0.6) is 11.5 Å². The molecule has 0 aliphatic carbocycles. The van der Waals surface area contributed by atoms with E-state index in [0.29, 0.717) is 17.2 Å². The van der Waals surface area contributed by atoms with Gasteiger partial charge < -0.3 is 19.5 Å². The van der Waals surface area contributed by atoms with Crippen molar-refractivity contribution in [2.24, 2.45) is 0 Å². The maximum atomic E-state index is 12.3. The van der Waals surface area contributed by atoms with Crippen molar-refractivity contribution in [3.05, 3.63) is 53.6 Å². The van der Waals surface area contributed by atoms with Gasteiger partial charge in [-0.05, 0) is 37.1 Å². The van der Waals surface area contributed by atoms with E-state index >= 15 is 0 Å². The monoisotopic (exact) mass is 357 g/mol. The van der Waals surface area contributed by atoms with Crippen molar-refractivity contribution >= 4 is 17.6 Å². The highest BCUT2D eigenvalue weighted by Gasteiger charge is 2.19. The highest BCUT2D eigenvalue weighted by molar-refractivity contribution is 5.95. The molecule has 138 valence electrons. The van der Waals surface area contributed by atoms with Crippen LogP contribution >= 0.6 is 0 Å². The summed E-state index contributed by atoms with van der Waals surface area (Å²) in [5.41, 5.74) is 2.41. The summed E-state index contributed by atoms with van der Waals surface area (Å²) in [6.07, 6.45) is -0.791. The van der Waals surface area contributed by atoms with E-state index in [1.807, 2.05) is 31.2 Å². The van der Waals surface area contributed by atoms with Crippen LogP contribution in [0.25, 0.3) is 0 Å². The van der Waals surface area contributed by atoms with Crippen LogP contribution in [0.1, 0.15) is 18.1 Å². The second-order valence-electron chi connectivity index (χ2n) is 5.79. The number of ether oxygens (including phenoxy) is 3. The van der Waals surface area contributed by atoms with Crippen LogP contribution in [0.4, 0.5) is 5.69 Å². The van der Waals surface area contributed by atoms with Crippen molar-refractivity contribution in [1.82, 2.24) is 0 Å². The number of carbonyl (C=O) groups excluding carboxylic acids is 2. The fraction of sp³-hybridized carbons (Fsp3) is 0.300. The Morgan fingerprint density at radius 2 is 1.73 bits per heavy atom. The van der Waals surface area contributed by atoms with Crippen molar-refractivity contribution in [3.63, 3.8) is 0 Å². The standard InChI is InChI=1S/C20H23NO5/c1-13-7-5-6-8-15(13)11-19(22)26-14(2)20(23)21-16-9-10-17(24-3)18(12-16)25-4/h5-10,12,14H,11H2,1-4H3,(H,21,23). The lowest BCUT2D eigenvalue weighted by Crippen LogP contribution is -2.30. The van der Waals surface area contributed by atoms with Crippen molar-refractivity contribution in [2.45, 2.75) is 26.4 Å². The first-order chi connectivity index (χ1) is 12.4. The highest BCUT2D eigenvalue weighted by atomic mass is 16.5. The summed E-state index contributed by atoms with van der Waals surface area (Å²) in [5.74, 6) is 0.183.